The van der Waals surface area contributed by atoms with Crippen LogP contribution in [0.3, 0.4) is 0 Å². The molecule has 0 bridgehead atoms. The van der Waals surface area contributed by atoms with Gasteiger partial charge in [0.05, 0.1) is 4.92 Å². The lowest BCUT2D eigenvalue weighted by atomic mass is 10.2. The second kappa shape index (κ2) is 5.65. The van der Waals surface area contributed by atoms with Gasteiger partial charge in [0, 0.05) is 12.5 Å². The number of allylic oxidation sites excluding steroid dienone is 1. The van der Waals surface area contributed by atoms with Crippen molar-refractivity contribution in [3.05, 3.63) is 47.0 Å². The van der Waals surface area contributed by atoms with E-state index in [1.165, 1.54) is 12.1 Å². The molecule has 0 saturated carbocycles. The first-order valence-electron chi connectivity index (χ1n) is 4.79. The molecule has 1 aromatic carbocycles. The van der Waals surface area contributed by atoms with Gasteiger partial charge < -0.3 is 5.32 Å². The van der Waals surface area contributed by atoms with Crippen LogP contribution < -0.4 is 5.32 Å². The highest BCUT2D eigenvalue weighted by molar-refractivity contribution is 5.93. The van der Waals surface area contributed by atoms with Gasteiger partial charge in [-0.15, -0.1) is 6.58 Å². The van der Waals surface area contributed by atoms with Crippen molar-refractivity contribution in [1.29, 1.82) is 0 Å². The second-order valence-electron chi connectivity index (χ2n) is 3.15. The summed E-state index contributed by atoms with van der Waals surface area (Å²) in [6.45, 7) is 3.50. The largest absolute Gasteiger partial charge is 0.320 e. The summed E-state index contributed by atoms with van der Waals surface area (Å²) in [5.41, 5.74) is 0.121. The molecule has 1 N–H and O–H groups in total. The van der Waals surface area contributed by atoms with Gasteiger partial charge in [-0.2, -0.15) is 0 Å². The number of amides is 1. The summed E-state index contributed by atoms with van der Waals surface area (Å²) in [5.74, 6) is -0.255. The van der Waals surface area contributed by atoms with Crippen molar-refractivity contribution in [3.8, 4) is 0 Å². The predicted octanol–water partition coefficient (Wildman–Crippen LogP) is 2.50. The highest BCUT2D eigenvalue weighted by Crippen LogP contribution is 2.23. The average Bonchev–Trinajstić information content (AvgIpc) is 2.27. The average molecular weight is 220 g/mol. The fourth-order valence-electron chi connectivity index (χ4n) is 1.18. The van der Waals surface area contributed by atoms with Crippen molar-refractivity contribution in [2.75, 3.05) is 5.32 Å². The number of carbonyl (C=O) groups excluding carboxylic acids is 1. The minimum absolute atomic E-state index is 0.102. The van der Waals surface area contributed by atoms with Gasteiger partial charge in [-0.05, 0) is 12.5 Å². The van der Waals surface area contributed by atoms with Gasteiger partial charge in [-0.3, -0.25) is 14.9 Å². The Balaban J connectivity index is 2.76. The van der Waals surface area contributed by atoms with Crippen molar-refractivity contribution in [2.24, 2.45) is 0 Å². The monoisotopic (exact) mass is 220 g/mol. The molecular formula is C11H12N2O3. The maximum atomic E-state index is 11.4. The van der Waals surface area contributed by atoms with Gasteiger partial charge in [0.1, 0.15) is 5.69 Å². The summed E-state index contributed by atoms with van der Waals surface area (Å²) < 4.78 is 0. The molecule has 84 valence electrons. The van der Waals surface area contributed by atoms with Crippen LogP contribution in [0, 0.1) is 10.1 Å². The Morgan fingerprint density at radius 3 is 2.81 bits per heavy atom. The summed E-state index contributed by atoms with van der Waals surface area (Å²) in [4.78, 5) is 21.5. The van der Waals surface area contributed by atoms with Gasteiger partial charge in [-0.25, -0.2) is 0 Å². The number of nitrogens with zero attached hydrogens (tertiary/aromatic N) is 1. The van der Waals surface area contributed by atoms with E-state index in [0.717, 1.165) is 0 Å². The SMILES string of the molecule is C=CCCC(=O)Nc1ccccc1[N+](=O)[O-]. The number of nitro groups is 1. The summed E-state index contributed by atoms with van der Waals surface area (Å²) in [7, 11) is 0. The molecule has 16 heavy (non-hydrogen) atoms. The first-order chi connectivity index (χ1) is 7.65. The Bertz CT molecular complexity index is 415. The molecule has 0 radical (unpaired) electrons. The Kier molecular flexibility index (Phi) is 4.20. The molecule has 1 amide bonds. The van der Waals surface area contributed by atoms with Crippen LogP contribution in [0.15, 0.2) is 36.9 Å². The van der Waals surface area contributed by atoms with Crippen LogP contribution in [-0.4, -0.2) is 10.8 Å². The number of benzene rings is 1. The van der Waals surface area contributed by atoms with E-state index in [-0.39, 0.29) is 23.7 Å². The van der Waals surface area contributed by atoms with Crippen LogP contribution in [0.25, 0.3) is 0 Å². The van der Waals surface area contributed by atoms with E-state index in [1.807, 2.05) is 0 Å². The van der Waals surface area contributed by atoms with Gasteiger partial charge in [0.2, 0.25) is 5.91 Å². The molecule has 1 aromatic rings. The molecule has 0 aliphatic carbocycles. The molecule has 1 rings (SSSR count). The Labute approximate surface area is 92.9 Å². The van der Waals surface area contributed by atoms with Gasteiger partial charge in [-0.1, -0.05) is 18.2 Å². The van der Waals surface area contributed by atoms with E-state index in [9.17, 15) is 14.9 Å². The summed E-state index contributed by atoms with van der Waals surface area (Å²) in [6.07, 6.45) is 2.45. The first kappa shape index (κ1) is 11.9. The topological polar surface area (TPSA) is 72.2 Å². The van der Waals surface area contributed by atoms with Crippen molar-refractivity contribution < 1.29 is 9.72 Å². The zero-order chi connectivity index (χ0) is 12.0. The zero-order valence-electron chi connectivity index (χ0n) is 8.68. The second-order valence-corrected chi connectivity index (χ2v) is 3.15. The molecular weight excluding hydrogens is 208 g/mol. The maximum absolute atomic E-state index is 11.4. The fourth-order valence-corrected chi connectivity index (χ4v) is 1.18. The molecule has 0 fully saturated rings. The lowest BCUT2D eigenvalue weighted by Crippen LogP contribution is -2.11. The molecule has 0 spiro atoms. The van der Waals surface area contributed by atoms with Crippen LogP contribution >= 0.6 is 0 Å². The lowest BCUT2D eigenvalue weighted by Gasteiger charge is -2.04. The number of hydrogen-bond donors (Lipinski definition) is 1. The third-order valence-corrected chi connectivity index (χ3v) is 1.95. The quantitative estimate of drug-likeness (QED) is 0.470. The number of rotatable bonds is 5. The molecule has 0 atom stereocenters. The predicted molar refractivity (Wildman–Crippen MR) is 61.2 cm³/mol. The molecule has 0 heterocycles. The van der Waals surface area contributed by atoms with E-state index in [0.29, 0.717) is 6.42 Å². The molecule has 0 aliphatic rings. The van der Waals surface area contributed by atoms with E-state index < -0.39 is 4.92 Å². The van der Waals surface area contributed by atoms with E-state index in [1.54, 1.807) is 18.2 Å². The number of anilines is 1. The summed E-state index contributed by atoms with van der Waals surface area (Å²) in [6, 6.07) is 6.04. The minimum Gasteiger partial charge on any atom is -0.320 e. The zero-order valence-corrected chi connectivity index (χ0v) is 8.68. The maximum Gasteiger partial charge on any atom is 0.292 e. The Morgan fingerprint density at radius 1 is 1.50 bits per heavy atom. The van der Waals surface area contributed by atoms with Crippen LogP contribution in [0.5, 0.6) is 0 Å². The van der Waals surface area contributed by atoms with Gasteiger partial charge in [0.15, 0.2) is 0 Å². The van der Waals surface area contributed by atoms with Crippen molar-refractivity contribution in [2.45, 2.75) is 12.8 Å². The molecule has 0 aromatic heterocycles. The number of nitro benzene ring substituents is 1. The van der Waals surface area contributed by atoms with E-state index in [2.05, 4.69) is 11.9 Å². The van der Waals surface area contributed by atoms with Crippen LogP contribution in [0.2, 0.25) is 0 Å². The normalized spacial score (nSPS) is 9.50. The highest BCUT2D eigenvalue weighted by atomic mass is 16.6. The van der Waals surface area contributed by atoms with Gasteiger partial charge >= 0.3 is 0 Å². The molecule has 0 saturated heterocycles. The first-order valence-corrected chi connectivity index (χ1v) is 4.79. The standard InChI is InChI=1S/C11H12N2O3/c1-2-3-8-11(14)12-9-6-4-5-7-10(9)13(15)16/h2,4-7H,1,3,8H2,(H,12,14). The number of hydrogen-bond acceptors (Lipinski definition) is 3. The Morgan fingerprint density at radius 2 is 2.19 bits per heavy atom. The Hall–Kier alpha value is -2.17. The number of nitrogens with one attached hydrogen (secondary N) is 1. The van der Waals surface area contributed by atoms with E-state index in [4.69, 9.17) is 0 Å². The van der Waals surface area contributed by atoms with Crippen molar-refractivity contribution in [1.82, 2.24) is 0 Å². The molecule has 0 aliphatic heterocycles. The highest BCUT2D eigenvalue weighted by Gasteiger charge is 2.13. The molecule has 5 heteroatoms. The third-order valence-electron chi connectivity index (χ3n) is 1.95. The smallest absolute Gasteiger partial charge is 0.292 e. The number of carbonyl (C=O) groups is 1. The van der Waals surface area contributed by atoms with Crippen molar-refractivity contribution >= 4 is 17.3 Å². The van der Waals surface area contributed by atoms with Crippen LogP contribution in [0.4, 0.5) is 11.4 Å². The summed E-state index contributed by atoms with van der Waals surface area (Å²) >= 11 is 0. The van der Waals surface area contributed by atoms with Gasteiger partial charge in [0.25, 0.3) is 5.69 Å². The summed E-state index contributed by atoms with van der Waals surface area (Å²) in [5, 5.41) is 13.2. The van der Waals surface area contributed by atoms with E-state index >= 15 is 0 Å². The fraction of sp³-hybridized carbons (Fsp3) is 0.182. The molecule has 5 nitrogen and oxygen atoms in total. The molecule has 0 unspecified atom stereocenters. The van der Waals surface area contributed by atoms with Crippen LogP contribution in [-0.2, 0) is 4.79 Å². The lowest BCUT2D eigenvalue weighted by molar-refractivity contribution is -0.383. The third kappa shape index (κ3) is 3.20. The van der Waals surface area contributed by atoms with Crippen molar-refractivity contribution in [3.63, 3.8) is 0 Å². The minimum atomic E-state index is -0.525. The number of para-hydroxylation sites is 2. The van der Waals surface area contributed by atoms with Crippen LogP contribution in [0.1, 0.15) is 12.8 Å².